The topological polar surface area (TPSA) is 95.6 Å². The van der Waals surface area contributed by atoms with Crippen molar-refractivity contribution in [3.8, 4) is 0 Å². The Bertz CT molecular complexity index is 1050. The average Bonchev–Trinajstić information content (AvgIpc) is 2.80. The molecule has 0 radical (unpaired) electrons. The lowest BCUT2D eigenvalue weighted by molar-refractivity contribution is -0.140. The van der Waals surface area contributed by atoms with E-state index in [1.165, 1.54) is 29.2 Å². The third-order valence-corrected chi connectivity index (χ3v) is 6.88. The molecule has 0 spiro atoms. The maximum Gasteiger partial charge on any atom is 0.242 e. The molecule has 9 heteroatoms. The van der Waals surface area contributed by atoms with Crippen LogP contribution in [-0.4, -0.2) is 44.3 Å². The molecular weight excluding hydrogens is 457 g/mol. The first kappa shape index (κ1) is 27.5. The molecule has 0 fully saturated rings. The summed E-state index contributed by atoms with van der Waals surface area (Å²) in [5, 5.41) is 2.86. The van der Waals surface area contributed by atoms with Crippen LogP contribution < -0.4 is 10.0 Å². The van der Waals surface area contributed by atoms with Gasteiger partial charge in [-0.15, -0.1) is 0 Å². The van der Waals surface area contributed by atoms with Crippen molar-refractivity contribution in [2.45, 2.75) is 58.0 Å². The molecule has 1 atom stereocenters. The molecule has 0 aliphatic heterocycles. The van der Waals surface area contributed by atoms with Gasteiger partial charge >= 0.3 is 0 Å². The Morgan fingerprint density at radius 1 is 0.971 bits per heavy atom. The van der Waals surface area contributed by atoms with E-state index in [0.29, 0.717) is 19.5 Å². The Labute approximate surface area is 201 Å². The second-order valence-corrected chi connectivity index (χ2v) is 10.4. The molecule has 34 heavy (non-hydrogen) atoms. The fourth-order valence-corrected chi connectivity index (χ4v) is 4.37. The molecule has 2 aromatic carbocycles. The normalized spacial score (nSPS) is 12.4. The van der Waals surface area contributed by atoms with E-state index < -0.39 is 16.1 Å². The monoisotopic (exact) mass is 491 g/mol. The minimum Gasteiger partial charge on any atom is -0.354 e. The molecular formula is C25H34FN3O4S. The van der Waals surface area contributed by atoms with E-state index in [4.69, 9.17) is 0 Å². The summed E-state index contributed by atoms with van der Waals surface area (Å²) in [6.45, 7) is 8.34. The zero-order chi connectivity index (χ0) is 25.3. The number of carbonyl (C=O) groups excluding carboxylic acids is 2. The van der Waals surface area contributed by atoms with Gasteiger partial charge in [0, 0.05) is 26.1 Å². The van der Waals surface area contributed by atoms with Crippen molar-refractivity contribution in [1.82, 2.24) is 14.9 Å². The van der Waals surface area contributed by atoms with Gasteiger partial charge in [0.15, 0.2) is 0 Å². The first-order valence-electron chi connectivity index (χ1n) is 11.4. The van der Waals surface area contributed by atoms with Gasteiger partial charge in [0.1, 0.15) is 11.9 Å². The fourth-order valence-electron chi connectivity index (χ4n) is 3.33. The lowest BCUT2D eigenvalue weighted by atomic mass is 10.1. The van der Waals surface area contributed by atoms with Gasteiger partial charge in [0.25, 0.3) is 0 Å². The van der Waals surface area contributed by atoms with E-state index >= 15 is 0 Å². The highest BCUT2D eigenvalue weighted by atomic mass is 32.2. The summed E-state index contributed by atoms with van der Waals surface area (Å²) >= 11 is 0. The summed E-state index contributed by atoms with van der Waals surface area (Å²) in [5.74, 6) is -0.566. The number of halogens is 1. The van der Waals surface area contributed by atoms with Crippen LogP contribution in [0.3, 0.4) is 0 Å². The lowest BCUT2D eigenvalue weighted by Gasteiger charge is -2.29. The highest BCUT2D eigenvalue weighted by Crippen LogP contribution is 2.15. The quantitative estimate of drug-likeness (QED) is 0.477. The number of carbonyl (C=O) groups is 2. The molecule has 0 saturated carbocycles. The maximum atomic E-state index is 13.3. The molecule has 2 rings (SSSR count). The maximum absolute atomic E-state index is 13.3. The van der Waals surface area contributed by atoms with Gasteiger partial charge < -0.3 is 10.2 Å². The summed E-state index contributed by atoms with van der Waals surface area (Å²) < 4.78 is 39.9. The summed E-state index contributed by atoms with van der Waals surface area (Å²) in [4.78, 5) is 27.5. The Hall–Kier alpha value is -2.78. The predicted molar refractivity (Wildman–Crippen MR) is 130 cm³/mol. The van der Waals surface area contributed by atoms with E-state index in [-0.39, 0.29) is 41.4 Å². The third kappa shape index (κ3) is 8.22. The summed E-state index contributed by atoms with van der Waals surface area (Å²) in [6.07, 6.45) is 0.531. The highest BCUT2D eigenvalue weighted by molar-refractivity contribution is 7.89. The number of benzene rings is 2. The van der Waals surface area contributed by atoms with Crippen LogP contribution >= 0.6 is 0 Å². The van der Waals surface area contributed by atoms with Crippen molar-refractivity contribution in [2.75, 3.05) is 13.1 Å². The molecule has 0 heterocycles. The zero-order valence-electron chi connectivity index (χ0n) is 20.2. The number of hydrogen-bond acceptors (Lipinski definition) is 4. The van der Waals surface area contributed by atoms with E-state index in [1.807, 2.05) is 13.8 Å². The molecule has 0 unspecified atom stereocenters. The molecule has 2 amide bonds. The van der Waals surface area contributed by atoms with E-state index in [2.05, 4.69) is 10.0 Å². The Morgan fingerprint density at radius 3 is 2.12 bits per heavy atom. The van der Waals surface area contributed by atoms with Crippen LogP contribution in [0.2, 0.25) is 0 Å². The highest BCUT2D eigenvalue weighted by Gasteiger charge is 2.26. The van der Waals surface area contributed by atoms with Crippen LogP contribution in [0.25, 0.3) is 0 Å². The van der Waals surface area contributed by atoms with Crippen LogP contribution in [0, 0.1) is 11.7 Å². The van der Waals surface area contributed by atoms with Crippen molar-refractivity contribution in [3.63, 3.8) is 0 Å². The average molecular weight is 492 g/mol. The number of amides is 2. The lowest BCUT2D eigenvalue weighted by Crippen LogP contribution is -2.48. The summed E-state index contributed by atoms with van der Waals surface area (Å²) in [7, 11) is -3.54. The number of hydrogen-bond donors (Lipinski definition) is 2. The van der Waals surface area contributed by atoms with Crippen molar-refractivity contribution in [1.29, 1.82) is 0 Å². The van der Waals surface area contributed by atoms with E-state index in [9.17, 15) is 22.4 Å². The second-order valence-electron chi connectivity index (χ2n) is 8.61. The smallest absolute Gasteiger partial charge is 0.242 e. The number of aryl methyl sites for hydroxylation is 1. The SMILES string of the molecule is CCNS(=O)(=O)c1ccc(CCC(=O)N(Cc2ccc(F)cc2)[C@@H](C)C(=O)NCC(C)C)cc1. The van der Waals surface area contributed by atoms with Gasteiger partial charge in [0.2, 0.25) is 21.8 Å². The first-order chi connectivity index (χ1) is 16.0. The van der Waals surface area contributed by atoms with Gasteiger partial charge in [-0.2, -0.15) is 0 Å². The Kier molecular flexibility index (Phi) is 10.2. The summed E-state index contributed by atoms with van der Waals surface area (Å²) in [5.41, 5.74) is 1.53. The Balaban J connectivity index is 2.12. The van der Waals surface area contributed by atoms with Crippen LogP contribution in [0.4, 0.5) is 4.39 Å². The number of sulfonamides is 1. The molecule has 186 valence electrons. The number of rotatable bonds is 12. The van der Waals surface area contributed by atoms with Crippen molar-refractivity contribution in [3.05, 3.63) is 65.5 Å². The second kappa shape index (κ2) is 12.6. The zero-order valence-corrected chi connectivity index (χ0v) is 21.0. The molecule has 2 N–H and O–H groups in total. The van der Waals surface area contributed by atoms with Crippen LogP contribution in [0.1, 0.15) is 45.2 Å². The minimum absolute atomic E-state index is 0.141. The van der Waals surface area contributed by atoms with E-state index in [0.717, 1.165) is 11.1 Å². The molecule has 7 nitrogen and oxygen atoms in total. The minimum atomic E-state index is -3.54. The van der Waals surface area contributed by atoms with Gasteiger partial charge in [-0.1, -0.05) is 45.0 Å². The standard InChI is InChI=1S/C25H34FN3O4S/c1-5-28-34(32,33)23-13-8-20(9-14-23)10-15-24(30)29(17-21-6-11-22(26)12-7-21)19(4)25(31)27-16-18(2)3/h6-9,11-14,18-19,28H,5,10,15-17H2,1-4H3,(H,27,31)/t19-/m0/s1. The molecule has 0 bridgehead atoms. The van der Waals surface area contributed by atoms with Gasteiger partial charge in [-0.3, -0.25) is 9.59 Å². The first-order valence-corrected chi connectivity index (χ1v) is 12.9. The van der Waals surface area contributed by atoms with Gasteiger partial charge in [-0.25, -0.2) is 17.5 Å². The Morgan fingerprint density at radius 2 is 1.56 bits per heavy atom. The molecule has 2 aromatic rings. The van der Waals surface area contributed by atoms with Crippen LogP contribution in [-0.2, 0) is 32.6 Å². The molecule has 0 aliphatic carbocycles. The molecule has 0 saturated heterocycles. The molecule has 0 aliphatic rings. The molecule has 0 aromatic heterocycles. The summed E-state index contributed by atoms with van der Waals surface area (Å²) in [6, 6.07) is 11.5. The van der Waals surface area contributed by atoms with Crippen LogP contribution in [0.15, 0.2) is 53.4 Å². The fraction of sp³-hybridized carbons (Fsp3) is 0.440. The van der Waals surface area contributed by atoms with Gasteiger partial charge in [0.05, 0.1) is 4.90 Å². The number of nitrogens with one attached hydrogen (secondary N) is 2. The van der Waals surface area contributed by atoms with E-state index in [1.54, 1.807) is 38.1 Å². The van der Waals surface area contributed by atoms with Gasteiger partial charge in [-0.05, 0) is 54.7 Å². The van der Waals surface area contributed by atoms with Crippen molar-refractivity contribution in [2.24, 2.45) is 5.92 Å². The van der Waals surface area contributed by atoms with Crippen LogP contribution in [0.5, 0.6) is 0 Å². The third-order valence-electron chi connectivity index (χ3n) is 5.31. The largest absolute Gasteiger partial charge is 0.354 e. The van der Waals surface area contributed by atoms with Crippen molar-refractivity contribution >= 4 is 21.8 Å². The number of nitrogens with zero attached hydrogens (tertiary/aromatic N) is 1. The predicted octanol–water partition coefficient (Wildman–Crippen LogP) is 3.25. The van der Waals surface area contributed by atoms with Crippen molar-refractivity contribution < 1.29 is 22.4 Å².